The molecule has 3 aromatic carbocycles. The minimum absolute atomic E-state index is 0.785. The van der Waals surface area contributed by atoms with Crippen molar-refractivity contribution in [1.82, 2.24) is 19.9 Å². The summed E-state index contributed by atoms with van der Waals surface area (Å²) in [6, 6.07) is 28.0. The van der Waals surface area contributed by atoms with Crippen LogP contribution < -0.4 is 4.90 Å². The molecule has 6 aromatic rings. The fraction of sp³-hybridized carbons (Fsp3) is 0.138. The Bertz CT molecular complexity index is 1560. The first-order valence-corrected chi connectivity index (χ1v) is 11.5. The summed E-state index contributed by atoms with van der Waals surface area (Å²) in [6.07, 6.45) is 1.75. The topological polar surface area (TPSA) is 57.7 Å². The molecule has 0 unspecified atom stereocenters. The third-order valence-electron chi connectivity index (χ3n) is 6.30. The SMILES string of the molecule is Cc1ccc2cc(CN(Cc3ccc4nc(C)ccc4c3)c3ccc4nc[nH]c4c3)ccc2n1. The lowest BCUT2D eigenvalue weighted by molar-refractivity contribution is 0.802. The van der Waals surface area contributed by atoms with Crippen molar-refractivity contribution in [3.05, 3.63) is 108 Å². The number of nitrogens with zero attached hydrogens (tertiary/aromatic N) is 4. The number of aromatic amines is 1. The molecule has 5 heteroatoms. The molecule has 0 radical (unpaired) electrons. The van der Waals surface area contributed by atoms with E-state index in [1.165, 1.54) is 21.9 Å². The number of aromatic nitrogens is 4. The Morgan fingerprint density at radius 2 is 1.24 bits per heavy atom. The first kappa shape index (κ1) is 20.4. The van der Waals surface area contributed by atoms with Gasteiger partial charge >= 0.3 is 0 Å². The van der Waals surface area contributed by atoms with E-state index < -0.39 is 0 Å². The molecule has 0 saturated carbocycles. The van der Waals surface area contributed by atoms with Crippen LogP contribution in [0.4, 0.5) is 5.69 Å². The first-order valence-electron chi connectivity index (χ1n) is 11.5. The number of fused-ring (bicyclic) bond motifs is 3. The Hall–Kier alpha value is -4.25. The lowest BCUT2D eigenvalue weighted by Crippen LogP contribution is -2.22. The van der Waals surface area contributed by atoms with E-state index in [9.17, 15) is 0 Å². The third-order valence-corrected chi connectivity index (χ3v) is 6.30. The summed E-state index contributed by atoms with van der Waals surface area (Å²) in [6.45, 7) is 5.63. The van der Waals surface area contributed by atoms with E-state index in [0.29, 0.717) is 0 Å². The Labute approximate surface area is 198 Å². The highest BCUT2D eigenvalue weighted by atomic mass is 15.1. The highest BCUT2D eigenvalue weighted by molar-refractivity contribution is 5.81. The van der Waals surface area contributed by atoms with Crippen LogP contribution in [-0.4, -0.2) is 19.9 Å². The maximum Gasteiger partial charge on any atom is 0.0931 e. The molecule has 0 fully saturated rings. The summed E-state index contributed by atoms with van der Waals surface area (Å²) >= 11 is 0. The van der Waals surface area contributed by atoms with Crippen molar-refractivity contribution >= 4 is 38.5 Å². The Morgan fingerprint density at radius 3 is 1.85 bits per heavy atom. The van der Waals surface area contributed by atoms with Crippen molar-refractivity contribution in [2.75, 3.05) is 4.90 Å². The molecule has 34 heavy (non-hydrogen) atoms. The number of rotatable bonds is 5. The van der Waals surface area contributed by atoms with Crippen molar-refractivity contribution in [3.63, 3.8) is 0 Å². The number of imidazole rings is 1. The van der Waals surface area contributed by atoms with Crippen LogP contribution in [0, 0.1) is 13.8 Å². The standard InChI is InChI=1S/C29H25N5/c1-19-3-7-23-13-21(5-10-26(23)32-19)16-34(25-9-12-28-29(15-25)31-18-30-28)17-22-6-11-27-24(14-22)8-4-20(2)33-27/h3-15,18H,16-17H2,1-2H3,(H,30,31). The van der Waals surface area contributed by atoms with Gasteiger partial charge in [-0.1, -0.05) is 24.3 Å². The molecule has 0 aliphatic rings. The minimum Gasteiger partial charge on any atom is -0.363 e. The Morgan fingerprint density at radius 1 is 0.647 bits per heavy atom. The highest BCUT2D eigenvalue weighted by Gasteiger charge is 2.12. The van der Waals surface area contributed by atoms with Crippen LogP contribution in [0.1, 0.15) is 22.5 Å². The molecule has 0 bridgehead atoms. The van der Waals surface area contributed by atoms with Crippen LogP contribution in [0.5, 0.6) is 0 Å². The van der Waals surface area contributed by atoms with Crippen LogP contribution in [0.15, 0.2) is 85.2 Å². The second-order valence-corrected chi connectivity index (χ2v) is 8.92. The first-order chi connectivity index (χ1) is 16.6. The Balaban J connectivity index is 1.38. The van der Waals surface area contributed by atoms with Gasteiger partial charge in [0.15, 0.2) is 0 Å². The van der Waals surface area contributed by atoms with Gasteiger partial charge in [0.2, 0.25) is 0 Å². The van der Waals surface area contributed by atoms with Crippen LogP contribution >= 0.6 is 0 Å². The predicted molar refractivity (Wildman–Crippen MR) is 139 cm³/mol. The van der Waals surface area contributed by atoms with Gasteiger partial charge in [-0.2, -0.15) is 0 Å². The molecule has 3 heterocycles. The quantitative estimate of drug-likeness (QED) is 0.331. The average molecular weight is 444 g/mol. The molecule has 0 spiro atoms. The van der Waals surface area contributed by atoms with E-state index in [0.717, 1.165) is 52.2 Å². The molecule has 0 amide bonds. The normalized spacial score (nSPS) is 11.5. The van der Waals surface area contributed by atoms with Crippen LogP contribution in [-0.2, 0) is 13.1 Å². The van der Waals surface area contributed by atoms with E-state index in [-0.39, 0.29) is 0 Å². The second kappa shape index (κ2) is 8.27. The molecule has 5 nitrogen and oxygen atoms in total. The summed E-state index contributed by atoms with van der Waals surface area (Å²) in [7, 11) is 0. The van der Waals surface area contributed by atoms with E-state index in [1.807, 2.05) is 13.8 Å². The monoisotopic (exact) mass is 443 g/mol. The summed E-state index contributed by atoms with van der Waals surface area (Å²) < 4.78 is 0. The van der Waals surface area contributed by atoms with Gasteiger partial charge in [-0.25, -0.2) is 4.98 Å². The zero-order valence-electron chi connectivity index (χ0n) is 19.3. The van der Waals surface area contributed by atoms with Crippen molar-refractivity contribution in [1.29, 1.82) is 0 Å². The number of H-pyrrole nitrogens is 1. The lowest BCUT2D eigenvalue weighted by atomic mass is 10.1. The smallest absolute Gasteiger partial charge is 0.0931 e. The van der Waals surface area contributed by atoms with Crippen molar-refractivity contribution < 1.29 is 0 Å². The highest BCUT2D eigenvalue weighted by Crippen LogP contribution is 2.26. The maximum atomic E-state index is 4.65. The van der Waals surface area contributed by atoms with Gasteiger partial charge in [0.25, 0.3) is 0 Å². The number of pyridine rings is 2. The fourth-order valence-corrected chi connectivity index (χ4v) is 4.55. The molecular formula is C29H25N5. The molecule has 0 atom stereocenters. The van der Waals surface area contributed by atoms with Crippen molar-refractivity contribution in [2.45, 2.75) is 26.9 Å². The van der Waals surface area contributed by atoms with Crippen molar-refractivity contribution in [3.8, 4) is 0 Å². The van der Waals surface area contributed by atoms with E-state index >= 15 is 0 Å². The molecule has 166 valence electrons. The van der Waals surface area contributed by atoms with E-state index in [4.69, 9.17) is 0 Å². The van der Waals surface area contributed by atoms with Gasteiger partial charge in [-0.3, -0.25) is 9.97 Å². The number of aryl methyl sites for hydroxylation is 2. The van der Waals surface area contributed by atoms with Crippen LogP contribution in [0.2, 0.25) is 0 Å². The molecular weight excluding hydrogens is 418 g/mol. The lowest BCUT2D eigenvalue weighted by Gasteiger charge is -2.26. The van der Waals surface area contributed by atoms with E-state index in [1.54, 1.807) is 6.33 Å². The fourth-order valence-electron chi connectivity index (χ4n) is 4.55. The summed E-state index contributed by atoms with van der Waals surface area (Å²) in [4.78, 5) is 19.3. The van der Waals surface area contributed by atoms with Gasteiger partial charge in [0.1, 0.15) is 0 Å². The maximum absolute atomic E-state index is 4.65. The third kappa shape index (κ3) is 3.97. The summed E-state index contributed by atoms with van der Waals surface area (Å²) in [5.41, 5.74) is 9.81. The number of anilines is 1. The van der Waals surface area contributed by atoms with Gasteiger partial charge in [-0.15, -0.1) is 0 Å². The molecule has 3 aromatic heterocycles. The summed E-state index contributed by atoms with van der Waals surface area (Å²) in [5.74, 6) is 0. The summed E-state index contributed by atoms with van der Waals surface area (Å²) in [5, 5.41) is 2.33. The van der Waals surface area contributed by atoms with Crippen LogP contribution in [0.25, 0.3) is 32.8 Å². The number of hydrogen-bond acceptors (Lipinski definition) is 4. The Kier molecular flexibility index (Phi) is 4.95. The van der Waals surface area contributed by atoms with Crippen LogP contribution in [0.3, 0.4) is 0 Å². The molecule has 1 N–H and O–H groups in total. The van der Waals surface area contributed by atoms with Gasteiger partial charge < -0.3 is 9.88 Å². The number of benzene rings is 3. The number of nitrogens with one attached hydrogen (secondary N) is 1. The van der Waals surface area contributed by atoms with E-state index in [2.05, 4.69) is 104 Å². The van der Waals surface area contributed by atoms with Gasteiger partial charge in [0.05, 0.1) is 28.4 Å². The average Bonchev–Trinajstić information content (AvgIpc) is 3.32. The molecule has 0 aliphatic heterocycles. The largest absolute Gasteiger partial charge is 0.363 e. The predicted octanol–water partition coefficient (Wildman–Crippen LogP) is 6.48. The van der Waals surface area contributed by atoms with Gasteiger partial charge in [0, 0.05) is 40.9 Å². The minimum atomic E-state index is 0.785. The second-order valence-electron chi connectivity index (χ2n) is 8.92. The zero-order valence-corrected chi connectivity index (χ0v) is 19.3. The molecule has 6 rings (SSSR count). The molecule has 0 aliphatic carbocycles. The zero-order chi connectivity index (χ0) is 23.1. The van der Waals surface area contributed by atoms with Crippen molar-refractivity contribution in [2.24, 2.45) is 0 Å². The van der Waals surface area contributed by atoms with Gasteiger partial charge in [-0.05, 0) is 79.6 Å². The molecule has 0 saturated heterocycles. The number of hydrogen-bond donors (Lipinski definition) is 1.